The highest BCUT2D eigenvalue weighted by molar-refractivity contribution is 7.89. The smallest absolute Gasteiger partial charge is 0.243 e. The van der Waals surface area contributed by atoms with E-state index in [-0.39, 0.29) is 30.6 Å². The van der Waals surface area contributed by atoms with Gasteiger partial charge in [0.05, 0.1) is 17.6 Å². The number of hydrogen-bond acceptors (Lipinski definition) is 4. The fraction of sp³-hybridized carbons (Fsp3) is 0.455. The normalized spacial score (nSPS) is 22.0. The standard InChI is InChI=1S/C11H15FN2O3S/c12-9-1-3-11(4-2-9)18(15,16)14-5-6-17-10(7-13)8-14/h1-4,10H,5-8,13H2/t10-/m1/s1. The Balaban J connectivity index is 2.22. The Kier molecular flexibility index (Phi) is 3.96. The summed E-state index contributed by atoms with van der Waals surface area (Å²) in [5.74, 6) is -0.462. The molecule has 1 fully saturated rings. The SMILES string of the molecule is NC[C@@H]1CN(S(=O)(=O)c2ccc(F)cc2)CCO1. The van der Waals surface area contributed by atoms with Gasteiger partial charge in [0.15, 0.2) is 0 Å². The van der Waals surface area contributed by atoms with Gasteiger partial charge in [-0.1, -0.05) is 0 Å². The second kappa shape index (κ2) is 5.31. The first-order chi connectivity index (χ1) is 8.54. The van der Waals surface area contributed by atoms with Crippen molar-refractivity contribution in [3.8, 4) is 0 Å². The first kappa shape index (κ1) is 13.4. The Labute approximate surface area is 105 Å². The van der Waals surface area contributed by atoms with E-state index >= 15 is 0 Å². The number of halogens is 1. The van der Waals surface area contributed by atoms with E-state index in [4.69, 9.17) is 10.5 Å². The van der Waals surface area contributed by atoms with Crippen LogP contribution in [0.1, 0.15) is 0 Å². The summed E-state index contributed by atoms with van der Waals surface area (Å²) < 4.78 is 44.0. The summed E-state index contributed by atoms with van der Waals surface area (Å²) in [6.45, 7) is 1.12. The zero-order chi connectivity index (χ0) is 13.2. The van der Waals surface area contributed by atoms with Crippen LogP contribution in [0.2, 0.25) is 0 Å². The van der Waals surface area contributed by atoms with Crippen LogP contribution in [0.4, 0.5) is 4.39 Å². The second-order valence-electron chi connectivity index (χ2n) is 4.05. The van der Waals surface area contributed by atoms with E-state index in [1.54, 1.807) is 0 Å². The number of ether oxygens (including phenoxy) is 1. The van der Waals surface area contributed by atoms with Crippen molar-refractivity contribution in [2.45, 2.75) is 11.0 Å². The predicted molar refractivity (Wildman–Crippen MR) is 64.0 cm³/mol. The molecule has 0 radical (unpaired) electrons. The Hall–Kier alpha value is -1.02. The van der Waals surface area contributed by atoms with Gasteiger partial charge in [-0.25, -0.2) is 12.8 Å². The average molecular weight is 274 g/mol. The van der Waals surface area contributed by atoms with Crippen molar-refractivity contribution < 1.29 is 17.5 Å². The van der Waals surface area contributed by atoms with Gasteiger partial charge in [-0.15, -0.1) is 0 Å². The molecular weight excluding hydrogens is 259 g/mol. The number of rotatable bonds is 3. The molecule has 7 heteroatoms. The van der Waals surface area contributed by atoms with Crippen LogP contribution in [0.3, 0.4) is 0 Å². The monoisotopic (exact) mass is 274 g/mol. The number of nitrogens with zero attached hydrogens (tertiary/aromatic N) is 1. The zero-order valence-electron chi connectivity index (χ0n) is 9.75. The van der Waals surface area contributed by atoms with Crippen LogP contribution in [0.25, 0.3) is 0 Å². The molecule has 1 atom stereocenters. The molecule has 0 spiro atoms. The van der Waals surface area contributed by atoms with E-state index in [0.29, 0.717) is 6.61 Å². The van der Waals surface area contributed by atoms with E-state index in [1.165, 1.54) is 16.4 Å². The van der Waals surface area contributed by atoms with Crippen LogP contribution >= 0.6 is 0 Å². The van der Waals surface area contributed by atoms with Gasteiger partial charge < -0.3 is 10.5 Å². The van der Waals surface area contributed by atoms with Crippen LogP contribution < -0.4 is 5.73 Å². The third kappa shape index (κ3) is 2.69. The quantitative estimate of drug-likeness (QED) is 0.853. The first-order valence-corrected chi connectivity index (χ1v) is 7.05. The van der Waals surface area contributed by atoms with Crippen LogP contribution in [0.5, 0.6) is 0 Å². The van der Waals surface area contributed by atoms with Crippen molar-refractivity contribution in [2.75, 3.05) is 26.2 Å². The Morgan fingerprint density at radius 3 is 2.67 bits per heavy atom. The van der Waals surface area contributed by atoms with Gasteiger partial charge in [0.25, 0.3) is 0 Å². The molecule has 2 N–H and O–H groups in total. The van der Waals surface area contributed by atoms with Gasteiger partial charge in [0.2, 0.25) is 10.0 Å². The number of sulfonamides is 1. The number of benzene rings is 1. The molecule has 0 unspecified atom stereocenters. The minimum atomic E-state index is -3.59. The molecule has 100 valence electrons. The third-order valence-electron chi connectivity index (χ3n) is 2.82. The number of hydrogen-bond donors (Lipinski definition) is 1. The lowest BCUT2D eigenvalue weighted by Crippen LogP contribution is -2.48. The molecule has 0 amide bonds. The highest BCUT2D eigenvalue weighted by Gasteiger charge is 2.30. The van der Waals surface area contributed by atoms with Crippen molar-refractivity contribution in [3.63, 3.8) is 0 Å². The molecule has 0 aromatic heterocycles. The summed E-state index contributed by atoms with van der Waals surface area (Å²) in [6, 6.07) is 4.79. The summed E-state index contributed by atoms with van der Waals surface area (Å²) in [5.41, 5.74) is 5.47. The molecule has 18 heavy (non-hydrogen) atoms. The molecule has 1 heterocycles. The van der Waals surface area contributed by atoms with E-state index in [1.807, 2.05) is 0 Å². The number of nitrogens with two attached hydrogens (primary N) is 1. The molecule has 1 aliphatic rings. The fourth-order valence-electron chi connectivity index (χ4n) is 1.81. The van der Waals surface area contributed by atoms with E-state index in [2.05, 4.69) is 0 Å². The summed E-state index contributed by atoms with van der Waals surface area (Å²) in [6.07, 6.45) is -0.283. The number of morpholine rings is 1. The minimum Gasteiger partial charge on any atom is -0.374 e. The molecule has 1 aromatic carbocycles. The maximum absolute atomic E-state index is 12.8. The molecule has 0 saturated carbocycles. The van der Waals surface area contributed by atoms with Gasteiger partial charge >= 0.3 is 0 Å². The largest absolute Gasteiger partial charge is 0.374 e. The van der Waals surface area contributed by atoms with Crippen molar-refractivity contribution in [1.82, 2.24) is 4.31 Å². The molecule has 5 nitrogen and oxygen atoms in total. The van der Waals surface area contributed by atoms with Crippen molar-refractivity contribution >= 4 is 10.0 Å². The topological polar surface area (TPSA) is 72.6 Å². The van der Waals surface area contributed by atoms with Gasteiger partial charge in [0.1, 0.15) is 5.82 Å². The van der Waals surface area contributed by atoms with Crippen molar-refractivity contribution in [3.05, 3.63) is 30.1 Å². The lowest BCUT2D eigenvalue weighted by atomic mass is 10.3. The highest BCUT2D eigenvalue weighted by atomic mass is 32.2. The van der Waals surface area contributed by atoms with Crippen molar-refractivity contribution in [2.24, 2.45) is 5.73 Å². The van der Waals surface area contributed by atoms with Crippen LogP contribution in [-0.2, 0) is 14.8 Å². The Morgan fingerprint density at radius 2 is 2.06 bits per heavy atom. The maximum Gasteiger partial charge on any atom is 0.243 e. The third-order valence-corrected chi connectivity index (χ3v) is 4.70. The molecule has 0 bridgehead atoms. The van der Waals surface area contributed by atoms with Gasteiger partial charge in [-0.2, -0.15) is 4.31 Å². The van der Waals surface area contributed by atoms with E-state index in [9.17, 15) is 12.8 Å². The summed E-state index contributed by atoms with van der Waals surface area (Å²) in [7, 11) is -3.59. The predicted octanol–water partition coefficient (Wildman–Crippen LogP) is 0.174. The van der Waals surface area contributed by atoms with Gasteiger partial charge in [-0.3, -0.25) is 0 Å². The zero-order valence-corrected chi connectivity index (χ0v) is 10.6. The Bertz CT molecular complexity index is 504. The summed E-state index contributed by atoms with van der Waals surface area (Å²) in [4.78, 5) is 0.0848. The highest BCUT2D eigenvalue weighted by Crippen LogP contribution is 2.18. The molecule has 2 rings (SSSR count). The van der Waals surface area contributed by atoms with E-state index < -0.39 is 15.8 Å². The second-order valence-corrected chi connectivity index (χ2v) is 5.98. The van der Waals surface area contributed by atoms with Gasteiger partial charge in [-0.05, 0) is 24.3 Å². The van der Waals surface area contributed by atoms with Gasteiger partial charge in [0, 0.05) is 19.6 Å². The summed E-state index contributed by atoms with van der Waals surface area (Å²) >= 11 is 0. The van der Waals surface area contributed by atoms with Crippen molar-refractivity contribution in [1.29, 1.82) is 0 Å². The molecule has 1 aliphatic heterocycles. The fourth-order valence-corrected chi connectivity index (χ4v) is 3.26. The molecule has 1 saturated heterocycles. The Morgan fingerprint density at radius 1 is 1.39 bits per heavy atom. The molecule has 1 aromatic rings. The van der Waals surface area contributed by atoms with Crippen LogP contribution in [-0.4, -0.2) is 45.1 Å². The summed E-state index contributed by atoms with van der Waals surface area (Å²) in [5, 5.41) is 0. The van der Waals surface area contributed by atoms with Crippen LogP contribution in [0.15, 0.2) is 29.2 Å². The first-order valence-electron chi connectivity index (χ1n) is 5.61. The van der Waals surface area contributed by atoms with Crippen LogP contribution in [0, 0.1) is 5.82 Å². The molecular formula is C11H15FN2O3S. The maximum atomic E-state index is 12.8. The minimum absolute atomic E-state index is 0.0848. The molecule has 0 aliphatic carbocycles. The lowest BCUT2D eigenvalue weighted by molar-refractivity contribution is 0.00450. The van der Waals surface area contributed by atoms with E-state index in [0.717, 1.165) is 12.1 Å². The average Bonchev–Trinajstić information content (AvgIpc) is 2.39. The lowest BCUT2D eigenvalue weighted by Gasteiger charge is -2.31.